The van der Waals surface area contributed by atoms with Crippen molar-refractivity contribution in [3.8, 4) is 0 Å². The Morgan fingerprint density at radius 1 is 1.00 bits per heavy atom. The number of rotatable bonds is 0. The maximum absolute atomic E-state index is 4.37. The first-order valence-electron chi connectivity index (χ1n) is 3.64. The molecule has 0 N–H and O–H groups in total. The van der Waals surface area contributed by atoms with Crippen molar-refractivity contribution < 1.29 is 0 Å². The molecule has 0 saturated heterocycles. The van der Waals surface area contributed by atoms with Gasteiger partial charge in [-0.3, -0.25) is 0 Å². The highest BCUT2D eigenvalue weighted by molar-refractivity contribution is 14.1. The van der Waals surface area contributed by atoms with E-state index >= 15 is 0 Å². The van der Waals surface area contributed by atoms with Gasteiger partial charge >= 0.3 is 0 Å². The van der Waals surface area contributed by atoms with E-state index in [-0.39, 0.29) is 0 Å². The molecule has 0 amide bonds. The topological polar surface area (TPSA) is 0 Å². The Balaban J connectivity index is 2.84. The first-order valence-corrected chi connectivity index (χ1v) is 5.17. The third-order valence-corrected chi connectivity index (χ3v) is 3.50. The van der Waals surface area contributed by atoms with Gasteiger partial charge < -0.3 is 0 Å². The van der Waals surface area contributed by atoms with Gasteiger partial charge in [-0.2, -0.15) is 0 Å². The molecule has 0 saturated carbocycles. The molecule has 0 aliphatic carbocycles. The van der Waals surface area contributed by atoms with Crippen molar-refractivity contribution >= 4 is 46.0 Å². The van der Waals surface area contributed by atoms with Gasteiger partial charge in [0.15, 0.2) is 0 Å². The van der Waals surface area contributed by atoms with Crippen LogP contribution in [0.2, 0.25) is 0 Å². The van der Waals surface area contributed by atoms with E-state index in [4.69, 9.17) is 0 Å². The summed E-state index contributed by atoms with van der Waals surface area (Å²) >= 11 is 6.66. The van der Waals surface area contributed by atoms with Crippen LogP contribution in [0, 0.1) is 3.57 Å². The normalized spacial score (nSPS) is 10.5. The zero-order valence-corrected chi connectivity index (χ0v) is 9.34. The highest BCUT2D eigenvalue weighted by Crippen LogP contribution is 2.23. The molecule has 2 aromatic rings. The first-order chi connectivity index (χ1) is 5.77. The van der Waals surface area contributed by atoms with Crippen molar-refractivity contribution in [2.45, 2.75) is 4.90 Å². The molecule has 0 heterocycles. The Kier molecular flexibility index (Phi) is 2.28. The monoisotopic (exact) mass is 286 g/mol. The van der Waals surface area contributed by atoms with Gasteiger partial charge in [-0.25, -0.2) is 0 Å². The molecule has 2 heteroatoms. The lowest BCUT2D eigenvalue weighted by Gasteiger charge is -2.00. The van der Waals surface area contributed by atoms with Crippen molar-refractivity contribution in [2.75, 3.05) is 0 Å². The zero-order chi connectivity index (χ0) is 8.55. The smallest absolute Gasteiger partial charge is 0.0270 e. The van der Waals surface area contributed by atoms with Crippen LogP contribution in [0.15, 0.2) is 41.3 Å². The quantitative estimate of drug-likeness (QED) is 0.553. The molecule has 2 aromatic carbocycles. The van der Waals surface area contributed by atoms with E-state index < -0.39 is 0 Å². The highest BCUT2D eigenvalue weighted by atomic mass is 127. The number of hydrogen-bond acceptors (Lipinski definition) is 1. The Labute approximate surface area is 90.5 Å². The predicted molar refractivity (Wildman–Crippen MR) is 63.9 cm³/mol. The summed E-state index contributed by atoms with van der Waals surface area (Å²) in [6.07, 6.45) is 0. The van der Waals surface area contributed by atoms with E-state index in [1.165, 1.54) is 14.3 Å². The summed E-state index contributed by atoms with van der Waals surface area (Å²) < 4.78 is 1.20. The van der Waals surface area contributed by atoms with Gasteiger partial charge in [-0.05, 0) is 45.5 Å². The fourth-order valence-corrected chi connectivity index (χ4v) is 1.90. The lowest BCUT2D eigenvalue weighted by Crippen LogP contribution is -1.77. The second kappa shape index (κ2) is 3.26. The molecular formula is C10H7IS. The minimum absolute atomic E-state index is 1.05. The zero-order valence-electron chi connectivity index (χ0n) is 6.29. The van der Waals surface area contributed by atoms with Crippen molar-refractivity contribution in [1.82, 2.24) is 0 Å². The Morgan fingerprint density at radius 3 is 2.25 bits per heavy atom. The average molecular weight is 286 g/mol. The second-order valence-corrected chi connectivity index (χ2v) is 4.29. The molecule has 0 nitrogen and oxygen atoms in total. The highest BCUT2D eigenvalue weighted by Gasteiger charge is 1.97. The van der Waals surface area contributed by atoms with Crippen molar-refractivity contribution in [2.24, 2.45) is 0 Å². The summed E-state index contributed by atoms with van der Waals surface area (Å²) in [5.74, 6) is 0. The largest absolute Gasteiger partial charge is 0.142 e. The fourth-order valence-electron chi connectivity index (χ4n) is 1.20. The Hall–Kier alpha value is -0.220. The molecule has 2 rings (SSSR count). The number of halogens is 1. The van der Waals surface area contributed by atoms with E-state index in [2.05, 4.69) is 65.6 Å². The molecule has 0 aliphatic heterocycles. The van der Waals surface area contributed by atoms with Crippen LogP contribution in [0.5, 0.6) is 0 Å². The van der Waals surface area contributed by atoms with Gasteiger partial charge in [0.05, 0.1) is 0 Å². The fraction of sp³-hybridized carbons (Fsp3) is 0. The van der Waals surface area contributed by atoms with Crippen molar-refractivity contribution in [3.05, 3.63) is 40.0 Å². The van der Waals surface area contributed by atoms with Gasteiger partial charge in [-0.15, -0.1) is 12.6 Å². The van der Waals surface area contributed by atoms with Gasteiger partial charge in [-0.1, -0.05) is 24.3 Å². The number of thiol groups is 1. The summed E-state index contributed by atoms with van der Waals surface area (Å²) in [4.78, 5) is 1.05. The standard InChI is InChI=1S/C10H7IS/c11-9-5-7-3-1-2-4-8(7)6-10(9)12/h1-6,12H. The number of fused-ring (bicyclic) bond motifs is 1. The van der Waals surface area contributed by atoms with Crippen molar-refractivity contribution in [1.29, 1.82) is 0 Å². The lowest BCUT2D eigenvalue weighted by molar-refractivity contribution is 1.46. The van der Waals surface area contributed by atoms with Crippen LogP contribution in [0.25, 0.3) is 10.8 Å². The molecule has 12 heavy (non-hydrogen) atoms. The third kappa shape index (κ3) is 1.45. The molecule has 0 atom stereocenters. The van der Waals surface area contributed by atoms with Crippen LogP contribution in [0.1, 0.15) is 0 Å². The summed E-state index contributed by atoms with van der Waals surface area (Å²) in [6, 6.07) is 12.6. The molecule has 0 radical (unpaired) electrons. The SMILES string of the molecule is Sc1cc2ccccc2cc1I. The van der Waals surface area contributed by atoms with Gasteiger partial charge in [0.1, 0.15) is 0 Å². The summed E-state index contributed by atoms with van der Waals surface area (Å²) in [7, 11) is 0. The number of benzene rings is 2. The van der Waals surface area contributed by atoms with E-state index in [0.29, 0.717) is 0 Å². The van der Waals surface area contributed by atoms with Crippen LogP contribution in [-0.2, 0) is 0 Å². The molecule has 60 valence electrons. The average Bonchev–Trinajstić information content (AvgIpc) is 2.07. The van der Waals surface area contributed by atoms with Gasteiger partial charge in [0.2, 0.25) is 0 Å². The summed E-state index contributed by atoms with van der Waals surface area (Å²) in [6.45, 7) is 0. The molecule has 0 aliphatic rings. The van der Waals surface area contributed by atoms with E-state index in [1.54, 1.807) is 0 Å². The summed E-state index contributed by atoms with van der Waals surface area (Å²) in [5.41, 5.74) is 0. The van der Waals surface area contributed by atoms with E-state index in [9.17, 15) is 0 Å². The molecule has 0 unspecified atom stereocenters. The van der Waals surface area contributed by atoms with Crippen LogP contribution in [-0.4, -0.2) is 0 Å². The van der Waals surface area contributed by atoms with Crippen LogP contribution >= 0.6 is 35.2 Å². The lowest BCUT2D eigenvalue weighted by atomic mass is 10.1. The summed E-state index contributed by atoms with van der Waals surface area (Å²) in [5, 5.41) is 2.53. The minimum Gasteiger partial charge on any atom is -0.142 e. The second-order valence-electron chi connectivity index (χ2n) is 2.65. The molecule has 0 aromatic heterocycles. The van der Waals surface area contributed by atoms with E-state index in [0.717, 1.165) is 4.90 Å². The first kappa shape index (κ1) is 8.38. The van der Waals surface area contributed by atoms with Crippen molar-refractivity contribution in [3.63, 3.8) is 0 Å². The molecule has 0 fully saturated rings. The van der Waals surface area contributed by atoms with Gasteiger partial charge in [0, 0.05) is 8.47 Å². The Morgan fingerprint density at radius 2 is 1.58 bits per heavy atom. The maximum Gasteiger partial charge on any atom is 0.0270 e. The van der Waals surface area contributed by atoms with Crippen LogP contribution in [0.4, 0.5) is 0 Å². The van der Waals surface area contributed by atoms with Crippen LogP contribution in [0.3, 0.4) is 0 Å². The molecule has 0 spiro atoms. The Bertz CT molecular complexity index is 383. The van der Waals surface area contributed by atoms with Crippen LogP contribution < -0.4 is 0 Å². The van der Waals surface area contributed by atoms with E-state index in [1.807, 2.05) is 6.07 Å². The predicted octanol–water partition coefficient (Wildman–Crippen LogP) is 3.73. The molecular weight excluding hydrogens is 279 g/mol. The number of hydrogen-bond donors (Lipinski definition) is 1. The minimum atomic E-state index is 1.05. The van der Waals surface area contributed by atoms with Gasteiger partial charge in [0.25, 0.3) is 0 Å². The maximum atomic E-state index is 4.37. The third-order valence-electron chi connectivity index (χ3n) is 1.82. The molecule has 0 bridgehead atoms.